The fourth-order valence-electron chi connectivity index (χ4n) is 3.09. The number of sulfonamides is 1. The Kier molecular flexibility index (Phi) is 5.99. The summed E-state index contributed by atoms with van der Waals surface area (Å²) in [6.07, 6.45) is -0.282. The van der Waals surface area contributed by atoms with E-state index < -0.39 is 21.9 Å². The van der Waals surface area contributed by atoms with E-state index in [9.17, 15) is 22.8 Å². The number of nitrogens with one attached hydrogen (secondary N) is 1. The second kappa shape index (κ2) is 8.29. The van der Waals surface area contributed by atoms with Crippen LogP contribution in [-0.2, 0) is 19.7 Å². The Balaban J connectivity index is 2.08. The molecule has 4 N–H and O–H groups in total. The van der Waals surface area contributed by atoms with Crippen molar-refractivity contribution in [3.05, 3.63) is 65.5 Å². The Morgan fingerprint density at radius 3 is 2.31 bits per heavy atom. The van der Waals surface area contributed by atoms with Crippen LogP contribution in [0.15, 0.2) is 53.4 Å². The lowest BCUT2D eigenvalue weighted by atomic mass is 9.93. The number of rotatable bonds is 6. The van der Waals surface area contributed by atoms with E-state index >= 15 is 0 Å². The number of carbonyl (C=O) groups excluding carboxylic acids is 1. The number of carbonyl (C=O) groups is 1. The molecule has 2 aromatic carbocycles. The van der Waals surface area contributed by atoms with Crippen molar-refractivity contribution in [1.29, 1.82) is 0 Å². The molecule has 1 heterocycles. The van der Waals surface area contributed by atoms with Gasteiger partial charge in [0.25, 0.3) is 0 Å². The number of halogens is 1. The molecule has 0 fully saturated rings. The van der Waals surface area contributed by atoms with Crippen molar-refractivity contribution < 1.29 is 27.6 Å². The summed E-state index contributed by atoms with van der Waals surface area (Å²) in [4.78, 5) is 17.1. The molecule has 0 spiro atoms. The second-order valence-corrected chi connectivity index (χ2v) is 7.98. The first-order valence-electron chi connectivity index (χ1n) is 8.70. The number of amides is 1. The predicted octanol–water partition coefficient (Wildman–Crippen LogP) is 1.87. The first-order valence-corrected chi connectivity index (χ1v) is 10.2. The van der Waals surface area contributed by atoms with Crippen LogP contribution >= 0.6 is 0 Å². The summed E-state index contributed by atoms with van der Waals surface area (Å²) in [6, 6.07) is 11.2. The molecule has 1 aliphatic rings. The fourth-order valence-corrected chi connectivity index (χ4v) is 3.60. The minimum absolute atomic E-state index is 0.0631. The quantitative estimate of drug-likeness (QED) is 0.655. The average Bonchev–Trinajstić information content (AvgIpc) is 3.02. The zero-order valence-corrected chi connectivity index (χ0v) is 16.3. The van der Waals surface area contributed by atoms with E-state index in [1.165, 1.54) is 55.6 Å². The largest absolute Gasteiger partial charge is 0.359 e. The summed E-state index contributed by atoms with van der Waals surface area (Å²) in [7, 11) is -2.35. The topological polar surface area (TPSA) is 122 Å². The molecular weight excluding hydrogens is 401 g/mol. The maximum Gasteiger partial charge on any atom is 0.238 e. The van der Waals surface area contributed by atoms with Crippen molar-refractivity contribution in [2.24, 2.45) is 5.14 Å². The van der Waals surface area contributed by atoms with Gasteiger partial charge in [0.1, 0.15) is 17.6 Å². The maximum absolute atomic E-state index is 13.3. The van der Waals surface area contributed by atoms with E-state index in [4.69, 9.17) is 9.98 Å². The summed E-state index contributed by atoms with van der Waals surface area (Å²) < 4.78 is 36.4. The van der Waals surface area contributed by atoms with Gasteiger partial charge in [-0.3, -0.25) is 10.0 Å². The molecule has 8 nitrogen and oxygen atoms in total. The summed E-state index contributed by atoms with van der Waals surface area (Å²) >= 11 is 0. The third kappa shape index (κ3) is 4.62. The van der Waals surface area contributed by atoms with Crippen LogP contribution in [0.25, 0.3) is 11.3 Å². The molecule has 3 rings (SSSR count). The molecule has 2 aromatic rings. The number of nitrogens with two attached hydrogens (primary N) is 1. The van der Waals surface area contributed by atoms with E-state index in [2.05, 4.69) is 5.32 Å². The second-order valence-electron chi connectivity index (χ2n) is 6.42. The van der Waals surface area contributed by atoms with Crippen LogP contribution in [0.1, 0.15) is 24.0 Å². The van der Waals surface area contributed by atoms with Crippen LogP contribution in [0.5, 0.6) is 0 Å². The standard InChI is InChI=1S/C19H20FN3O5S/c1-22-17(24)11-10-16-18(12-4-8-15(9-5-12)29(21,26)27)19(23(25)28-16)13-2-6-14(20)7-3-13/h2-9,16,25H,10-11H2,1H3,(H,22,24)(H2,21,26,27). The van der Waals surface area contributed by atoms with Crippen LogP contribution in [0.4, 0.5) is 4.39 Å². The molecule has 1 amide bonds. The fraction of sp³-hybridized carbons (Fsp3) is 0.211. The predicted molar refractivity (Wildman–Crippen MR) is 103 cm³/mol. The van der Waals surface area contributed by atoms with Crippen LogP contribution < -0.4 is 10.5 Å². The summed E-state index contributed by atoms with van der Waals surface area (Å²) in [5, 5.41) is 18.6. The van der Waals surface area contributed by atoms with Gasteiger partial charge in [-0.05, 0) is 48.4 Å². The van der Waals surface area contributed by atoms with Gasteiger partial charge in [-0.25, -0.2) is 22.8 Å². The molecule has 1 unspecified atom stereocenters. The van der Waals surface area contributed by atoms with E-state index in [0.29, 0.717) is 21.9 Å². The maximum atomic E-state index is 13.3. The van der Waals surface area contributed by atoms with Gasteiger partial charge in [-0.15, -0.1) is 5.23 Å². The van der Waals surface area contributed by atoms with E-state index in [1.807, 2.05) is 0 Å². The van der Waals surface area contributed by atoms with Crippen LogP contribution in [0.3, 0.4) is 0 Å². The lowest BCUT2D eigenvalue weighted by Crippen LogP contribution is -2.22. The molecule has 0 saturated carbocycles. The molecule has 1 atom stereocenters. The Morgan fingerprint density at radius 2 is 1.76 bits per heavy atom. The SMILES string of the molecule is CNC(=O)CCC1ON(O)C(c2ccc(F)cc2)=C1c1ccc(S(N)(=O)=O)cc1. The number of hydrogen-bond donors (Lipinski definition) is 3. The smallest absolute Gasteiger partial charge is 0.238 e. The highest BCUT2D eigenvalue weighted by atomic mass is 32.2. The van der Waals surface area contributed by atoms with Gasteiger partial charge in [-0.1, -0.05) is 12.1 Å². The third-order valence-corrected chi connectivity index (χ3v) is 5.45. The van der Waals surface area contributed by atoms with Crippen molar-refractivity contribution >= 4 is 27.2 Å². The third-order valence-electron chi connectivity index (χ3n) is 4.52. The molecule has 0 saturated heterocycles. The van der Waals surface area contributed by atoms with Crippen molar-refractivity contribution in [3.8, 4) is 0 Å². The summed E-state index contributed by atoms with van der Waals surface area (Å²) in [5.74, 6) is -0.634. The van der Waals surface area contributed by atoms with Gasteiger partial charge in [0.05, 0.1) is 4.90 Å². The lowest BCUT2D eigenvalue weighted by molar-refractivity contribution is -0.297. The zero-order valence-electron chi connectivity index (χ0n) is 15.5. The van der Waals surface area contributed by atoms with Crippen molar-refractivity contribution in [2.75, 3.05) is 7.05 Å². The molecule has 1 aliphatic heterocycles. The molecule has 0 aliphatic carbocycles. The van der Waals surface area contributed by atoms with Crippen molar-refractivity contribution in [3.63, 3.8) is 0 Å². The molecule has 0 bridgehead atoms. The van der Waals surface area contributed by atoms with Gasteiger partial charge in [-0.2, -0.15) is 0 Å². The van der Waals surface area contributed by atoms with Gasteiger partial charge >= 0.3 is 0 Å². The zero-order chi connectivity index (χ0) is 21.2. The molecule has 0 aromatic heterocycles. The average molecular weight is 421 g/mol. The minimum atomic E-state index is -3.86. The van der Waals surface area contributed by atoms with Gasteiger partial charge < -0.3 is 5.32 Å². The summed E-state index contributed by atoms with van der Waals surface area (Å²) in [6.45, 7) is 0. The van der Waals surface area contributed by atoms with Gasteiger partial charge in [0.15, 0.2) is 0 Å². The van der Waals surface area contributed by atoms with E-state index in [1.54, 1.807) is 0 Å². The van der Waals surface area contributed by atoms with E-state index in [0.717, 1.165) is 0 Å². The van der Waals surface area contributed by atoms with E-state index in [-0.39, 0.29) is 29.3 Å². The number of hydrogen-bond acceptors (Lipinski definition) is 6. The lowest BCUT2D eigenvalue weighted by Gasteiger charge is -2.14. The summed E-state index contributed by atoms with van der Waals surface area (Å²) in [5.41, 5.74) is 1.86. The molecule has 154 valence electrons. The van der Waals surface area contributed by atoms with Gasteiger partial charge in [0, 0.05) is 24.6 Å². The molecule has 10 heteroatoms. The Hall–Kier alpha value is -2.79. The molecular formula is C19H20FN3O5S. The normalized spacial score (nSPS) is 17.0. The molecule has 29 heavy (non-hydrogen) atoms. The Bertz CT molecular complexity index is 1040. The Labute approximate surface area is 167 Å². The number of hydroxylamine groups is 2. The van der Waals surface area contributed by atoms with Crippen molar-refractivity contribution in [2.45, 2.75) is 23.8 Å². The molecule has 0 radical (unpaired) electrons. The number of primary sulfonamides is 1. The first kappa shape index (κ1) is 20.9. The van der Waals surface area contributed by atoms with Crippen molar-refractivity contribution in [1.82, 2.24) is 10.5 Å². The first-order chi connectivity index (χ1) is 13.7. The number of benzene rings is 2. The highest BCUT2D eigenvalue weighted by Crippen LogP contribution is 2.40. The monoisotopic (exact) mass is 421 g/mol. The Morgan fingerprint density at radius 1 is 1.17 bits per heavy atom. The van der Waals surface area contributed by atoms with Gasteiger partial charge in [0.2, 0.25) is 15.9 Å². The van der Waals surface area contributed by atoms with Crippen LogP contribution in [-0.4, -0.2) is 37.9 Å². The minimum Gasteiger partial charge on any atom is -0.359 e. The highest BCUT2D eigenvalue weighted by molar-refractivity contribution is 7.89. The highest BCUT2D eigenvalue weighted by Gasteiger charge is 2.34. The van der Waals surface area contributed by atoms with Crippen LogP contribution in [0, 0.1) is 5.82 Å². The number of nitrogens with zero attached hydrogens (tertiary/aromatic N) is 1. The van der Waals surface area contributed by atoms with Crippen LogP contribution in [0.2, 0.25) is 0 Å².